The molecule has 29 heavy (non-hydrogen) atoms. The molecule has 1 saturated carbocycles. The van der Waals surface area contributed by atoms with Crippen molar-refractivity contribution in [1.82, 2.24) is 10.3 Å². The number of carbonyl (C=O) groups is 2. The van der Waals surface area contributed by atoms with Crippen LogP contribution in [0.3, 0.4) is 0 Å². The molecule has 0 radical (unpaired) electrons. The summed E-state index contributed by atoms with van der Waals surface area (Å²) in [6.07, 6.45) is 3.64. The predicted octanol–water partition coefficient (Wildman–Crippen LogP) is 2.48. The average Bonchev–Trinajstić information content (AvgIpc) is 2.73. The second kappa shape index (κ2) is 8.31. The fourth-order valence-electron chi connectivity index (χ4n) is 3.57. The zero-order valence-electron chi connectivity index (χ0n) is 17.1. The Balaban J connectivity index is 1.54. The Labute approximate surface area is 171 Å². The van der Waals surface area contributed by atoms with E-state index in [9.17, 15) is 9.59 Å². The van der Waals surface area contributed by atoms with Gasteiger partial charge in [0.05, 0.1) is 11.7 Å². The molecule has 154 valence electrons. The summed E-state index contributed by atoms with van der Waals surface area (Å²) >= 11 is 0. The Bertz CT molecular complexity index is 867. The summed E-state index contributed by atoms with van der Waals surface area (Å²) in [4.78, 5) is 28.8. The second-order valence-corrected chi connectivity index (χ2v) is 7.92. The molecule has 4 N–H and O–H groups in total. The van der Waals surface area contributed by atoms with Crippen molar-refractivity contribution in [3.63, 3.8) is 0 Å². The molecule has 2 amide bonds. The van der Waals surface area contributed by atoms with E-state index in [2.05, 4.69) is 15.6 Å². The van der Waals surface area contributed by atoms with Gasteiger partial charge in [0, 0.05) is 43.1 Å². The highest BCUT2D eigenvalue weighted by Crippen LogP contribution is 2.49. The maximum atomic E-state index is 12.7. The van der Waals surface area contributed by atoms with E-state index < -0.39 is 11.0 Å². The number of hydrogen-bond acceptors (Lipinski definition) is 5. The first-order valence-electron chi connectivity index (χ1n) is 9.77. The van der Waals surface area contributed by atoms with Crippen LogP contribution in [0.5, 0.6) is 0 Å². The van der Waals surface area contributed by atoms with E-state index in [0.717, 1.165) is 5.56 Å². The van der Waals surface area contributed by atoms with Gasteiger partial charge in [-0.15, -0.1) is 0 Å². The van der Waals surface area contributed by atoms with E-state index in [1.165, 1.54) is 6.20 Å². The van der Waals surface area contributed by atoms with Crippen LogP contribution in [0.25, 0.3) is 0 Å². The van der Waals surface area contributed by atoms with Crippen LogP contribution in [-0.4, -0.2) is 35.0 Å². The molecule has 1 fully saturated rings. The van der Waals surface area contributed by atoms with E-state index >= 15 is 0 Å². The zero-order valence-corrected chi connectivity index (χ0v) is 17.1. The molecule has 7 nitrogen and oxygen atoms in total. The average molecular weight is 396 g/mol. The molecule has 1 aromatic heterocycles. The highest BCUT2D eigenvalue weighted by atomic mass is 16.5. The highest BCUT2D eigenvalue weighted by molar-refractivity contribution is 6.04. The summed E-state index contributed by atoms with van der Waals surface area (Å²) < 4.78 is 5.68. The Morgan fingerprint density at radius 1 is 1.24 bits per heavy atom. The number of hydrogen-bond donors (Lipinski definition) is 3. The summed E-state index contributed by atoms with van der Waals surface area (Å²) in [5.41, 5.74) is 7.11. The van der Waals surface area contributed by atoms with Crippen molar-refractivity contribution in [2.75, 3.05) is 11.9 Å². The number of benzene rings is 1. The van der Waals surface area contributed by atoms with E-state index in [4.69, 9.17) is 10.5 Å². The van der Waals surface area contributed by atoms with Crippen molar-refractivity contribution in [3.05, 3.63) is 59.9 Å². The number of anilines is 1. The summed E-state index contributed by atoms with van der Waals surface area (Å²) in [5, 5.41) is 5.75. The van der Waals surface area contributed by atoms with Crippen molar-refractivity contribution in [2.24, 2.45) is 11.1 Å². The number of aromatic nitrogens is 1. The van der Waals surface area contributed by atoms with Crippen LogP contribution in [0, 0.1) is 5.41 Å². The lowest BCUT2D eigenvalue weighted by atomic mass is 9.54. The molecule has 2 atom stereocenters. The maximum absolute atomic E-state index is 12.7. The number of pyridine rings is 1. The van der Waals surface area contributed by atoms with Crippen molar-refractivity contribution < 1.29 is 14.3 Å². The number of nitrogens with two attached hydrogens (primary N) is 1. The molecule has 0 spiro atoms. The standard InChI is InChI=1S/C22H28N4O3/c1-4-29-18-12-22(23,21(18,2)3)20(28)25-13-15-7-9-17(10-8-15)26-19(27)16-6-5-11-24-14-16/h5-11,14,18H,4,12-13,23H2,1-3H3,(H,25,28)(H,26,27). The quantitative estimate of drug-likeness (QED) is 0.667. The third kappa shape index (κ3) is 4.16. The van der Waals surface area contributed by atoms with Gasteiger partial charge >= 0.3 is 0 Å². The number of amides is 2. The van der Waals surface area contributed by atoms with Gasteiger partial charge in [-0.1, -0.05) is 26.0 Å². The Kier molecular flexibility index (Phi) is 6.00. The normalized spacial score (nSPS) is 22.4. The minimum absolute atomic E-state index is 0.00837. The van der Waals surface area contributed by atoms with Gasteiger partial charge < -0.3 is 21.1 Å². The molecule has 3 rings (SSSR count). The Morgan fingerprint density at radius 2 is 1.97 bits per heavy atom. The first kappa shape index (κ1) is 21.0. The minimum Gasteiger partial charge on any atom is -0.378 e. The van der Waals surface area contributed by atoms with Crippen LogP contribution in [0.4, 0.5) is 5.69 Å². The Hall–Kier alpha value is -2.77. The largest absolute Gasteiger partial charge is 0.378 e. The number of carbonyl (C=O) groups excluding carboxylic acids is 2. The third-order valence-corrected chi connectivity index (χ3v) is 5.82. The second-order valence-electron chi connectivity index (χ2n) is 7.92. The molecule has 0 aliphatic heterocycles. The summed E-state index contributed by atoms with van der Waals surface area (Å²) in [7, 11) is 0. The van der Waals surface area contributed by atoms with Crippen molar-refractivity contribution in [1.29, 1.82) is 0 Å². The molecule has 2 aromatic rings. The lowest BCUT2D eigenvalue weighted by Gasteiger charge is -2.57. The molecule has 7 heteroatoms. The van der Waals surface area contributed by atoms with Crippen LogP contribution in [-0.2, 0) is 16.1 Å². The fraction of sp³-hybridized carbons (Fsp3) is 0.409. The fourth-order valence-corrected chi connectivity index (χ4v) is 3.57. The van der Waals surface area contributed by atoms with E-state index in [1.54, 1.807) is 30.5 Å². The Morgan fingerprint density at radius 3 is 2.55 bits per heavy atom. The molecule has 2 unspecified atom stereocenters. The van der Waals surface area contributed by atoms with Crippen LogP contribution in [0.2, 0.25) is 0 Å². The van der Waals surface area contributed by atoms with Crippen molar-refractivity contribution in [2.45, 2.75) is 45.4 Å². The molecule has 1 heterocycles. The predicted molar refractivity (Wildman–Crippen MR) is 111 cm³/mol. The molecule has 1 aliphatic carbocycles. The van der Waals surface area contributed by atoms with E-state index in [-0.39, 0.29) is 17.9 Å². The molecular weight excluding hydrogens is 368 g/mol. The minimum atomic E-state index is -0.940. The summed E-state index contributed by atoms with van der Waals surface area (Å²) in [5.74, 6) is -0.396. The van der Waals surface area contributed by atoms with Gasteiger partial charge in [0.25, 0.3) is 5.91 Å². The smallest absolute Gasteiger partial charge is 0.257 e. The number of nitrogens with one attached hydrogen (secondary N) is 2. The van der Waals surface area contributed by atoms with Gasteiger partial charge in [0.15, 0.2) is 0 Å². The lowest BCUT2D eigenvalue weighted by Crippen LogP contribution is -2.75. The van der Waals surface area contributed by atoms with Gasteiger partial charge in [-0.25, -0.2) is 0 Å². The summed E-state index contributed by atoms with van der Waals surface area (Å²) in [6.45, 7) is 6.85. The number of rotatable bonds is 7. The van der Waals surface area contributed by atoms with Gasteiger partial charge in [-0.2, -0.15) is 0 Å². The highest BCUT2D eigenvalue weighted by Gasteiger charge is 2.62. The van der Waals surface area contributed by atoms with Gasteiger partial charge in [-0.3, -0.25) is 14.6 Å². The topological polar surface area (TPSA) is 106 Å². The van der Waals surface area contributed by atoms with Gasteiger partial charge in [0.2, 0.25) is 5.91 Å². The van der Waals surface area contributed by atoms with Crippen LogP contribution in [0.15, 0.2) is 48.8 Å². The molecule has 0 saturated heterocycles. The molecule has 1 aliphatic rings. The summed E-state index contributed by atoms with van der Waals surface area (Å²) in [6, 6.07) is 10.7. The van der Waals surface area contributed by atoms with E-state index in [1.807, 2.05) is 32.9 Å². The molecule has 1 aromatic carbocycles. The van der Waals surface area contributed by atoms with Crippen molar-refractivity contribution in [3.8, 4) is 0 Å². The first-order valence-corrected chi connectivity index (χ1v) is 9.77. The SMILES string of the molecule is CCOC1CC(N)(C(=O)NCc2ccc(NC(=O)c3cccnc3)cc2)C1(C)C. The maximum Gasteiger partial charge on any atom is 0.257 e. The molecular formula is C22H28N4O3. The van der Waals surface area contributed by atoms with Crippen molar-refractivity contribution >= 4 is 17.5 Å². The number of nitrogens with zero attached hydrogens (tertiary/aromatic N) is 1. The van der Waals surface area contributed by atoms with Crippen LogP contribution in [0.1, 0.15) is 43.1 Å². The van der Waals surface area contributed by atoms with E-state index in [0.29, 0.717) is 30.8 Å². The van der Waals surface area contributed by atoms with Crippen LogP contribution < -0.4 is 16.4 Å². The third-order valence-electron chi connectivity index (χ3n) is 5.82. The number of ether oxygens (including phenoxy) is 1. The van der Waals surface area contributed by atoms with Gasteiger partial charge in [-0.05, 0) is 36.8 Å². The lowest BCUT2D eigenvalue weighted by molar-refractivity contribution is -0.170. The molecule has 0 bridgehead atoms. The monoisotopic (exact) mass is 396 g/mol. The van der Waals surface area contributed by atoms with Gasteiger partial charge in [0.1, 0.15) is 5.54 Å². The van der Waals surface area contributed by atoms with Crippen LogP contribution >= 0.6 is 0 Å². The zero-order chi connectivity index (χ0) is 21.1. The first-order chi connectivity index (χ1) is 13.8.